The van der Waals surface area contributed by atoms with Crippen LogP contribution in [0.1, 0.15) is 25.7 Å². The first-order chi connectivity index (χ1) is 5.29. The van der Waals surface area contributed by atoms with Gasteiger partial charge < -0.3 is 4.90 Å². The number of hydrogen-bond acceptors (Lipinski definition) is 1. The minimum absolute atomic E-state index is 0.329. The van der Waals surface area contributed by atoms with Crippen LogP contribution in [0.25, 0.3) is 0 Å². The van der Waals surface area contributed by atoms with Crippen LogP contribution >= 0.6 is 0 Å². The van der Waals surface area contributed by atoms with E-state index in [1.165, 1.54) is 5.57 Å². The summed E-state index contributed by atoms with van der Waals surface area (Å²) in [5.41, 5.74) is 1.27. The third-order valence-corrected chi connectivity index (χ3v) is 2.70. The van der Waals surface area contributed by atoms with Gasteiger partial charge >= 0.3 is 0 Å². The number of carbonyl (C=O) groups is 1. The zero-order chi connectivity index (χ0) is 7.84. The lowest BCUT2D eigenvalue weighted by Crippen LogP contribution is -2.38. The molecule has 2 rings (SSSR count). The number of carbonyl (C=O) groups excluding carboxylic acids is 1. The van der Waals surface area contributed by atoms with E-state index in [4.69, 9.17) is 0 Å². The Bertz CT molecular complexity index is 210. The van der Waals surface area contributed by atoms with Gasteiger partial charge in [0.1, 0.15) is 0 Å². The first-order valence-corrected chi connectivity index (χ1v) is 4.26. The molecular formula is C9H13NO. The second-order valence-electron chi connectivity index (χ2n) is 3.40. The van der Waals surface area contributed by atoms with Gasteiger partial charge in [0.15, 0.2) is 0 Å². The summed E-state index contributed by atoms with van der Waals surface area (Å²) in [6.07, 6.45) is 3.98. The molecule has 2 aliphatic heterocycles. The fourth-order valence-electron chi connectivity index (χ4n) is 2.08. The van der Waals surface area contributed by atoms with Crippen LogP contribution in [-0.4, -0.2) is 23.4 Å². The quantitative estimate of drug-likeness (QED) is 0.478. The van der Waals surface area contributed by atoms with Crippen molar-refractivity contribution in [2.75, 3.05) is 6.54 Å². The van der Waals surface area contributed by atoms with Crippen LogP contribution in [0.5, 0.6) is 0 Å². The summed E-state index contributed by atoms with van der Waals surface area (Å²) >= 11 is 0. The van der Waals surface area contributed by atoms with Crippen molar-refractivity contribution in [2.45, 2.75) is 31.7 Å². The maximum atomic E-state index is 11.2. The van der Waals surface area contributed by atoms with Crippen molar-refractivity contribution >= 4 is 5.91 Å². The Morgan fingerprint density at radius 1 is 1.45 bits per heavy atom. The Kier molecular flexibility index (Phi) is 1.48. The molecule has 2 aliphatic rings. The topological polar surface area (TPSA) is 20.3 Å². The number of rotatable bonds is 0. The van der Waals surface area contributed by atoms with Crippen LogP contribution in [0.15, 0.2) is 12.2 Å². The Balaban J connectivity index is 2.19. The van der Waals surface area contributed by atoms with E-state index in [1.807, 2.05) is 4.90 Å². The Morgan fingerprint density at radius 2 is 2.27 bits per heavy atom. The zero-order valence-electron chi connectivity index (χ0n) is 6.68. The van der Waals surface area contributed by atoms with Crippen molar-refractivity contribution < 1.29 is 4.79 Å². The smallest absolute Gasteiger partial charge is 0.223 e. The predicted octanol–water partition coefficient (Wildman–Crippen LogP) is 1.33. The average molecular weight is 151 g/mol. The first-order valence-electron chi connectivity index (χ1n) is 4.26. The van der Waals surface area contributed by atoms with Crippen LogP contribution in [0.2, 0.25) is 0 Å². The lowest BCUT2D eigenvalue weighted by molar-refractivity contribution is -0.129. The van der Waals surface area contributed by atoms with Crippen LogP contribution in [0.4, 0.5) is 0 Å². The minimum atomic E-state index is 0.329. The van der Waals surface area contributed by atoms with Crippen LogP contribution in [-0.2, 0) is 4.79 Å². The molecule has 0 N–H and O–H groups in total. The molecule has 0 bridgehead atoms. The summed E-state index contributed by atoms with van der Waals surface area (Å²) in [5, 5.41) is 0. The van der Waals surface area contributed by atoms with Gasteiger partial charge in [0.05, 0.1) is 6.04 Å². The van der Waals surface area contributed by atoms with Crippen molar-refractivity contribution in [3.8, 4) is 0 Å². The summed E-state index contributed by atoms with van der Waals surface area (Å²) in [7, 11) is 0. The molecule has 2 heterocycles. The van der Waals surface area contributed by atoms with E-state index < -0.39 is 0 Å². The summed E-state index contributed by atoms with van der Waals surface area (Å²) in [5.74, 6) is 0.329. The molecule has 0 aromatic heterocycles. The van der Waals surface area contributed by atoms with E-state index >= 15 is 0 Å². The molecule has 0 aliphatic carbocycles. The highest BCUT2D eigenvalue weighted by molar-refractivity contribution is 5.79. The van der Waals surface area contributed by atoms with E-state index in [0.29, 0.717) is 11.9 Å². The van der Waals surface area contributed by atoms with Crippen LogP contribution in [0, 0.1) is 0 Å². The maximum absolute atomic E-state index is 11.2. The third-order valence-electron chi connectivity index (χ3n) is 2.70. The molecule has 2 saturated heterocycles. The SMILES string of the molecule is C=C1CCCN2C(=O)CCC12. The molecule has 0 aromatic carbocycles. The van der Waals surface area contributed by atoms with E-state index in [2.05, 4.69) is 6.58 Å². The summed E-state index contributed by atoms with van der Waals surface area (Å²) in [6.45, 7) is 4.96. The van der Waals surface area contributed by atoms with Crippen molar-refractivity contribution in [3.63, 3.8) is 0 Å². The third kappa shape index (κ3) is 0.971. The van der Waals surface area contributed by atoms with Gasteiger partial charge in [-0.05, 0) is 19.3 Å². The van der Waals surface area contributed by atoms with E-state index in [1.54, 1.807) is 0 Å². The molecule has 0 radical (unpaired) electrons. The van der Waals surface area contributed by atoms with Crippen molar-refractivity contribution in [1.29, 1.82) is 0 Å². The lowest BCUT2D eigenvalue weighted by Gasteiger charge is -2.31. The molecule has 1 unspecified atom stereocenters. The fourth-order valence-corrected chi connectivity index (χ4v) is 2.08. The zero-order valence-corrected chi connectivity index (χ0v) is 6.68. The maximum Gasteiger partial charge on any atom is 0.223 e. The van der Waals surface area contributed by atoms with E-state index in [9.17, 15) is 4.79 Å². The molecule has 1 atom stereocenters. The Labute approximate surface area is 66.9 Å². The summed E-state index contributed by atoms with van der Waals surface area (Å²) in [6, 6.07) is 0.399. The van der Waals surface area contributed by atoms with Crippen LogP contribution in [0.3, 0.4) is 0 Å². The molecule has 0 spiro atoms. The van der Waals surface area contributed by atoms with Crippen molar-refractivity contribution in [3.05, 3.63) is 12.2 Å². The highest BCUT2D eigenvalue weighted by Gasteiger charge is 2.34. The highest BCUT2D eigenvalue weighted by Crippen LogP contribution is 2.30. The first kappa shape index (κ1) is 6.89. The predicted molar refractivity (Wildman–Crippen MR) is 43.1 cm³/mol. The molecule has 2 fully saturated rings. The number of nitrogens with zero attached hydrogens (tertiary/aromatic N) is 1. The number of amides is 1. The molecule has 1 amide bonds. The van der Waals surface area contributed by atoms with Crippen molar-refractivity contribution in [2.24, 2.45) is 0 Å². The number of piperidine rings is 1. The fraction of sp³-hybridized carbons (Fsp3) is 0.667. The molecule has 60 valence electrons. The van der Waals surface area contributed by atoms with Gasteiger partial charge in [-0.1, -0.05) is 12.2 Å². The number of hydrogen-bond donors (Lipinski definition) is 0. The van der Waals surface area contributed by atoms with Gasteiger partial charge in [-0.25, -0.2) is 0 Å². The Morgan fingerprint density at radius 3 is 3.00 bits per heavy atom. The molecule has 0 saturated carbocycles. The molecular weight excluding hydrogens is 138 g/mol. The van der Waals surface area contributed by atoms with Gasteiger partial charge in [0.25, 0.3) is 0 Å². The normalized spacial score (nSPS) is 30.9. The van der Waals surface area contributed by atoms with Gasteiger partial charge in [0, 0.05) is 13.0 Å². The monoisotopic (exact) mass is 151 g/mol. The van der Waals surface area contributed by atoms with E-state index in [-0.39, 0.29) is 0 Å². The number of fused-ring (bicyclic) bond motifs is 1. The molecule has 0 aromatic rings. The molecule has 2 nitrogen and oxygen atoms in total. The van der Waals surface area contributed by atoms with Crippen LogP contribution < -0.4 is 0 Å². The van der Waals surface area contributed by atoms with Gasteiger partial charge in [0.2, 0.25) is 5.91 Å². The largest absolute Gasteiger partial charge is 0.336 e. The van der Waals surface area contributed by atoms with Gasteiger partial charge in [-0.2, -0.15) is 0 Å². The second kappa shape index (κ2) is 2.36. The summed E-state index contributed by atoms with van der Waals surface area (Å²) in [4.78, 5) is 13.2. The van der Waals surface area contributed by atoms with Gasteiger partial charge in [-0.3, -0.25) is 4.79 Å². The standard InChI is InChI=1S/C9H13NO/c1-7-3-2-6-10-8(7)4-5-9(10)11/h8H,1-6H2. The minimum Gasteiger partial charge on any atom is -0.336 e. The highest BCUT2D eigenvalue weighted by atomic mass is 16.2. The molecule has 11 heavy (non-hydrogen) atoms. The average Bonchev–Trinajstić information content (AvgIpc) is 2.35. The second-order valence-corrected chi connectivity index (χ2v) is 3.40. The Hall–Kier alpha value is -0.790. The van der Waals surface area contributed by atoms with Gasteiger partial charge in [-0.15, -0.1) is 0 Å². The van der Waals surface area contributed by atoms with E-state index in [0.717, 1.165) is 32.2 Å². The lowest BCUT2D eigenvalue weighted by atomic mass is 9.98. The molecule has 2 heteroatoms. The van der Waals surface area contributed by atoms with Crippen molar-refractivity contribution in [1.82, 2.24) is 4.90 Å². The summed E-state index contributed by atoms with van der Waals surface area (Å²) < 4.78 is 0.